The minimum absolute atomic E-state index is 0.570. The van der Waals surface area contributed by atoms with Crippen LogP contribution in [0.15, 0.2) is 24.3 Å². The first-order valence-corrected chi connectivity index (χ1v) is 7.26. The van der Waals surface area contributed by atoms with E-state index in [4.69, 9.17) is 0 Å². The molecule has 1 atom stereocenters. The fraction of sp³-hybridized carbons (Fsp3) is 0.562. The number of carbonyl (C=O) groups is 1. The number of nitrogens with zero attached hydrogens (tertiary/aromatic N) is 2. The second-order valence-corrected chi connectivity index (χ2v) is 5.95. The number of para-hydroxylation sites is 2. The lowest BCUT2D eigenvalue weighted by molar-refractivity contribution is -0.147. The van der Waals surface area contributed by atoms with E-state index in [1.807, 2.05) is 26.0 Å². The summed E-state index contributed by atoms with van der Waals surface area (Å²) >= 11 is 0. The van der Waals surface area contributed by atoms with Gasteiger partial charge in [-0.2, -0.15) is 0 Å². The van der Waals surface area contributed by atoms with E-state index < -0.39 is 11.4 Å². The van der Waals surface area contributed by atoms with E-state index in [1.54, 1.807) is 0 Å². The maximum absolute atomic E-state index is 11.6. The summed E-state index contributed by atoms with van der Waals surface area (Å²) in [6.45, 7) is 6.28. The number of carboxylic acid groups (broad SMARTS) is 1. The molecule has 4 heteroatoms. The molecule has 0 bridgehead atoms. The Balaban J connectivity index is 2.26. The second-order valence-electron chi connectivity index (χ2n) is 5.95. The Labute approximate surface area is 121 Å². The van der Waals surface area contributed by atoms with E-state index in [1.165, 1.54) is 5.69 Å². The Bertz CT molecular complexity index is 489. The topological polar surface area (TPSA) is 43.8 Å². The van der Waals surface area contributed by atoms with Crippen LogP contribution in [0.25, 0.3) is 0 Å². The molecule has 0 aliphatic carbocycles. The fourth-order valence-corrected chi connectivity index (χ4v) is 2.96. The van der Waals surface area contributed by atoms with Gasteiger partial charge in [0, 0.05) is 26.7 Å². The molecule has 1 N–H and O–H groups in total. The molecule has 1 unspecified atom stereocenters. The normalized spacial score (nSPS) is 17.6. The molecule has 0 amide bonds. The fourth-order valence-electron chi connectivity index (χ4n) is 2.96. The van der Waals surface area contributed by atoms with Gasteiger partial charge in [-0.15, -0.1) is 0 Å². The Morgan fingerprint density at radius 2 is 1.95 bits per heavy atom. The number of hydrogen-bond donors (Lipinski definition) is 1. The predicted octanol–water partition coefficient (Wildman–Crippen LogP) is 2.83. The molecular weight excluding hydrogens is 252 g/mol. The summed E-state index contributed by atoms with van der Waals surface area (Å²) < 4.78 is 0. The van der Waals surface area contributed by atoms with Crippen molar-refractivity contribution < 1.29 is 9.90 Å². The third kappa shape index (κ3) is 2.74. The molecule has 0 aromatic heterocycles. The highest BCUT2D eigenvalue weighted by Gasteiger charge is 2.35. The summed E-state index contributed by atoms with van der Waals surface area (Å²) in [5, 5.41) is 9.56. The van der Waals surface area contributed by atoms with E-state index in [0.717, 1.165) is 25.2 Å². The quantitative estimate of drug-likeness (QED) is 0.898. The molecule has 0 radical (unpaired) electrons. The van der Waals surface area contributed by atoms with Gasteiger partial charge in [0.15, 0.2) is 0 Å². The van der Waals surface area contributed by atoms with Gasteiger partial charge in [0.05, 0.1) is 16.8 Å². The third-order valence-electron chi connectivity index (χ3n) is 4.20. The summed E-state index contributed by atoms with van der Waals surface area (Å²) in [6, 6.07) is 8.23. The molecule has 0 saturated heterocycles. The number of anilines is 2. The summed E-state index contributed by atoms with van der Waals surface area (Å²) in [5.41, 5.74) is 1.64. The van der Waals surface area contributed by atoms with Crippen molar-refractivity contribution in [3.63, 3.8) is 0 Å². The van der Waals surface area contributed by atoms with Crippen molar-refractivity contribution in [1.82, 2.24) is 0 Å². The van der Waals surface area contributed by atoms with Gasteiger partial charge < -0.3 is 14.9 Å². The number of carboxylic acids is 1. The smallest absolute Gasteiger partial charge is 0.311 e. The van der Waals surface area contributed by atoms with Gasteiger partial charge in [-0.1, -0.05) is 25.5 Å². The zero-order valence-electron chi connectivity index (χ0n) is 12.6. The van der Waals surface area contributed by atoms with Crippen LogP contribution >= 0.6 is 0 Å². The zero-order valence-corrected chi connectivity index (χ0v) is 12.6. The van der Waals surface area contributed by atoms with E-state index in [0.29, 0.717) is 13.0 Å². The Morgan fingerprint density at radius 1 is 1.30 bits per heavy atom. The molecule has 0 spiro atoms. The highest BCUT2D eigenvalue weighted by atomic mass is 16.4. The lowest BCUT2D eigenvalue weighted by Crippen LogP contribution is -2.46. The number of likely N-dealkylation sites (N-methyl/N-ethyl adjacent to an activating group) is 1. The molecule has 1 aromatic carbocycles. The first-order chi connectivity index (χ1) is 9.48. The minimum atomic E-state index is -0.698. The van der Waals surface area contributed by atoms with E-state index in [2.05, 4.69) is 29.0 Å². The van der Waals surface area contributed by atoms with E-state index >= 15 is 0 Å². The monoisotopic (exact) mass is 276 g/mol. The molecule has 0 fully saturated rings. The summed E-state index contributed by atoms with van der Waals surface area (Å²) in [4.78, 5) is 16.1. The summed E-state index contributed by atoms with van der Waals surface area (Å²) in [6.07, 6.45) is 1.59. The van der Waals surface area contributed by atoms with Crippen molar-refractivity contribution >= 4 is 17.3 Å². The van der Waals surface area contributed by atoms with Crippen LogP contribution in [0.3, 0.4) is 0 Å². The van der Waals surface area contributed by atoms with Crippen LogP contribution < -0.4 is 9.80 Å². The number of rotatable bonds is 5. The highest BCUT2D eigenvalue weighted by molar-refractivity contribution is 5.77. The standard InChI is InChI=1S/C16H24N2O2/c1-4-9-16(2,15(19)20)12-18-11-10-17(3)13-7-5-6-8-14(13)18/h5-8H,4,9-12H2,1-3H3,(H,19,20). The van der Waals surface area contributed by atoms with Crippen LogP contribution in [0.1, 0.15) is 26.7 Å². The van der Waals surface area contributed by atoms with Crippen molar-refractivity contribution in [2.45, 2.75) is 26.7 Å². The number of benzene rings is 1. The van der Waals surface area contributed by atoms with Crippen molar-refractivity contribution in [3.05, 3.63) is 24.3 Å². The molecule has 1 aromatic rings. The molecule has 1 heterocycles. The first-order valence-electron chi connectivity index (χ1n) is 7.26. The SMILES string of the molecule is CCCC(C)(CN1CCN(C)c2ccccc21)C(=O)O. The molecule has 1 aliphatic rings. The Kier molecular flexibility index (Phi) is 4.21. The van der Waals surface area contributed by atoms with E-state index in [-0.39, 0.29) is 0 Å². The van der Waals surface area contributed by atoms with Gasteiger partial charge in [-0.05, 0) is 25.5 Å². The molecular formula is C16H24N2O2. The average molecular weight is 276 g/mol. The Morgan fingerprint density at radius 3 is 2.55 bits per heavy atom. The third-order valence-corrected chi connectivity index (χ3v) is 4.20. The van der Waals surface area contributed by atoms with Gasteiger partial charge in [0.1, 0.15) is 0 Å². The minimum Gasteiger partial charge on any atom is -0.481 e. The van der Waals surface area contributed by atoms with Crippen LogP contribution in [0.2, 0.25) is 0 Å². The number of fused-ring (bicyclic) bond motifs is 1. The maximum Gasteiger partial charge on any atom is 0.311 e. The molecule has 0 saturated carbocycles. The van der Waals surface area contributed by atoms with Gasteiger partial charge in [-0.25, -0.2) is 0 Å². The van der Waals surface area contributed by atoms with Crippen LogP contribution in [0, 0.1) is 5.41 Å². The van der Waals surface area contributed by atoms with Crippen molar-refractivity contribution in [3.8, 4) is 0 Å². The maximum atomic E-state index is 11.6. The van der Waals surface area contributed by atoms with Gasteiger partial charge in [0.25, 0.3) is 0 Å². The first kappa shape index (κ1) is 14.7. The van der Waals surface area contributed by atoms with Gasteiger partial charge in [0.2, 0.25) is 0 Å². The lowest BCUT2D eigenvalue weighted by atomic mass is 9.84. The summed E-state index contributed by atoms with van der Waals surface area (Å²) in [5.74, 6) is -0.698. The average Bonchev–Trinajstić information content (AvgIpc) is 2.42. The van der Waals surface area contributed by atoms with Gasteiger partial charge in [-0.3, -0.25) is 4.79 Å². The largest absolute Gasteiger partial charge is 0.481 e. The Hall–Kier alpha value is -1.71. The van der Waals surface area contributed by atoms with Crippen molar-refractivity contribution in [2.75, 3.05) is 36.5 Å². The molecule has 2 rings (SSSR count). The van der Waals surface area contributed by atoms with Crippen molar-refractivity contribution in [1.29, 1.82) is 0 Å². The second kappa shape index (κ2) is 5.73. The molecule has 110 valence electrons. The van der Waals surface area contributed by atoms with Crippen molar-refractivity contribution in [2.24, 2.45) is 5.41 Å². The molecule has 4 nitrogen and oxygen atoms in total. The lowest BCUT2D eigenvalue weighted by Gasteiger charge is -2.40. The van der Waals surface area contributed by atoms with Crippen LogP contribution in [-0.4, -0.2) is 37.8 Å². The number of aliphatic carboxylic acids is 1. The zero-order chi connectivity index (χ0) is 14.8. The van der Waals surface area contributed by atoms with Gasteiger partial charge >= 0.3 is 5.97 Å². The van der Waals surface area contributed by atoms with E-state index in [9.17, 15) is 9.90 Å². The van der Waals surface area contributed by atoms with Crippen LogP contribution in [0.4, 0.5) is 11.4 Å². The van der Waals surface area contributed by atoms with Crippen LogP contribution in [0.5, 0.6) is 0 Å². The van der Waals surface area contributed by atoms with Crippen LogP contribution in [-0.2, 0) is 4.79 Å². The highest BCUT2D eigenvalue weighted by Crippen LogP contribution is 2.35. The number of hydrogen-bond acceptors (Lipinski definition) is 3. The predicted molar refractivity (Wildman–Crippen MR) is 82.6 cm³/mol. The summed E-state index contributed by atoms with van der Waals surface area (Å²) in [7, 11) is 2.08. The molecule has 1 aliphatic heterocycles. The molecule has 20 heavy (non-hydrogen) atoms.